The first-order valence-corrected chi connectivity index (χ1v) is 9.50. The number of rotatable bonds is 4. The molecule has 0 aliphatic heterocycles. The third-order valence-electron chi connectivity index (χ3n) is 4.12. The maximum Gasteiger partial charge on any atom is 0.293 e. The molecule has 3 rings (SSSR count). The first kappa shape index (κ1) is 23.3. The molecular formula is C20H30N4O4. The molecule has 2 aromatic heterocycles. The number of nitrogens with zero attached hydrogens (tertiary/aromatic N) is 4. The second-order valence-electron chi connectivity index (χ2n) is 6.75. The van der Waals surface area contributed by atoms with E-state index in [0.717, 1.165) is 0 Å². The van der Waals surface area contributed by atoms with Crippen LogP contribution in [-0.2, 0) is 16.6 Å². The number of hydrogen-bond acceptors (Lipinski definition) is 7. The second kappa shape index (κ2) is 12.6. The molecule has 1 N–H and O–H groups in total. The van der Waals surface area contributed by atoms with Gasteiger partial charge < -0.3 is 9.84 Å². The molecule has 1 aliphatic rings. The largest absolute Gasteiger partial charge is 0.504 e. The van der Waals surface area contributed by atoms with Gasteiger partial charge in [0.05, 0.1) is 29.8 Å². The summed E-state index contributed by atoms with van der Waals surface area (Å²) in [4.78, 5) is 28.3. The van der Waals surface area contributed by atoms with E-state index in [2.05, 4.69) is 19.8 Å². The van der Waals surface area contributed by atoms with Crippen LogP contribution in [0.1, 0.15) is 68.6 Å². The lowest BCUT2D eigenvalue weighted by Crippen LogP contribution is -1.99. The maximum atomic E-state index is 10.9. The van der Waals surface area contributed by atoms with Gasteiger partial charge in [-0.25, -0.2) is 9.97 Å². The zero-order valence-corrected chi connectivity index (χ0v) is 17.1. The van der Waals surface area contributed by atoms with Crippen LogP contribution in [0.3, 0.4) is 0 Å². The molecule has 8 nitrogen and oxygen atoms in total. The summed E-state index contributed by atoms with van der Waals surface area (Å²) < 4.78 is 5.81. The Labute approximate surface area is 166 Å². The molecule has 2 heterocycles. The Hall–Kier alpha value is -2.77. The van der Waals surface area contributed by atoms with E-state index in [1.165, 1.54) is 55.6 Å². The Kier molecular flexibility index (Phi) is 10.5. The summed E-state index contributed by atoms with van der Waals surface area (Å²) in [6, 6.07) is 0. The van der Waals surface area contributed by atoms with Crippen molar-refractivity contribution in [1.29, 1.82) is 0 Å². The summed E-state index contributed by atoms with van der Waals surface area (Å²) >= 11 is 0. The molecule has 2 aromatic rings. The third kappa shape index (κ3) is 7.85. The summed E-state index contributed by atoms with van der Waals surface area (Å²) in [7, 11) is 1.67. The van der Waals surface area contributed by atoms with Crippen LogP contribution in [0.2, 0.25) is 0 Å². The number of aromatic nitrogens is 4. The van der Waals surface area contributed by atoms with E-state index in [4.69, 9.17) is 0 Å². The lowest BCUT2D eigenvalue weighted by molar-refractivity contribution is -0.131. The van der Waals surface area contributed by atoms with Crippen molar-refractivity contribution in [3.63, 3.8) is 0 Å². The Morgan fingerprint density at radius 2 is 1.68 bits per heavy atom. The molecule has 28 heavy (non-hydrogen) atoms. The predicted octanol–water partition coefficient (Wildman–Crippen LogP) is 3.61. The van der Waals surface area contributed by atoms with Gasteiger partial charge in [-0.05, 0) is 20.8 Å². The fourth-order valence-electron chi connectivity index (χ4n) is 2.52. The molecule has 1 fully saturated rings. The first-order chi connectivity index (χ1) is 13.4. The first-order valence-electron chi connectivity index (χ1n) is 9.50. The molecular weight excluding hydrogens is 360 g/mol. The smallest absolute Gasteiger partial charge is 0.293 e. The highest BCUT2D eigenvalue weighted by molar-refractivity contribution is 5.83. The molecule has 0 bridgehead atoms. The van der Waals surface area contributed by atoms with Crippen molar-refractivity contribution in [3.05, 3.63) is 23.8 Å². The average molecular weight is 390 g/mol. The SMILES string of the molecule is C1CCCCC1.CC(C)OC=O.Cc1nc(-c2cnn(C)c2C=O)ncc1O. The number of aldehydes is 1. The topological polar surface area (TPSA) is 107 Å². The number of ether oxygens (including phenoxy) is 1. The van der Waals surface area contributed by atoms with Crippen LogP contribution in [0.4, 0.5) is 0 Å². The van der Waals surface area contributed by atoms with E-state index in [0.29, 0.717) is 35.5 Å². The molecule has 8 heteroatoms. The molecule has 0 radical (unpaired) electrons. The van der Waals surface area contributed by atoms with Crippen LogP contribution >= 0.6 is 0 Å². The molecule has 0 atom stereocenters. The van der Waals surface area contributed by atoms with E-state index >= 15 is 0 Å². The highest BCUT2D eigenvalue weighted by atomic mass is 16.5. The zero-order chi connectivity index (χ0) is 20.9. The summed E-state index contributed by atoms with van der Waals surface area (Å²) in [5.74, 6) is 0.408. The van der Waals surface area contributed by atoms with Gasteiger partial charge >= 0.3 is 0 Å². The number of carbonyl (C=O) groups excluding carboxylic acids is 2. The lowest BCUT2D eigenvalue weighted by Gasteiger charge is -2.05. The number of aromatic hydroxyl groups is 1. The molecule has 1 saturated carbocycles. The number of aryl methyl sites for hydroxylation is 2. The quantitative estimate of drug-likeness (QED) is 0.795. The van der Waals surface area contributed by atoms with Crippen LogP contribution < -0.4 is 0 Å². The normalized spacial score (nSPS) is 12.9. The van der Waals surface area contributed by atoms with Gasteiger partial charge in [-0.1, -0.05) is 38.5 Å². The van der Waals surface area contributed by atoms with Crippen molar-refractivity contribution in [2.75, 3.05) is 0 Å². The molecule has 0 amide bonds. The van der Waals surface area contributed by atoms with Gasteiger partial charge in [0.25, 0.3) is 6.47 Å². The molecule has 1 aliphatic carbocycles. The van der Waals surface area contributed by atoms with Gasteiger partial charge in [0, 0.05) is 7.05 Å². The lowest BCUT2D eigenvalue weighted by atomic mass is 10.0. The highest BCUT2D eigenvalue weighted by Crippen LogP contribution is 2.21. The number of carbonyl (C=O) groups is 2. The van der Waals surface area contributed by atoms with Crippen LogP contribution in [0.25, 0.3) is 11.4 Å². The highest BCUT2D eigenvalue weighted by Gasteiger charge is 2.13. The van der Waals surface area contributed by atoms with Crippen molar-refractivity contribution in [1.82, 2.24) is 19.7 Å². The molecule has 154 valence electrons. The van der Waals surface area contributed by atoms with Crippen molar-refractivity contribution >= 4 is 12.8 Å². The van der Waals surface area contributed by atoms with Crippen molar-refractivity contribution in [2.24, 2.45) is 7.05 Å². The predicted molar refractivity (Wildman–Crippen MR) is 106 cm³/mol. The maximum absolute atomic E-state index is 10.9. The Morgan fingerprint density at radius 1 is 1.11 bits per heavy atom. The van der Waals surface area contributed by atoms with E-state index in [1.807, 2.05) is 0 Å². The van der Waals surface area contributed by atoms with Gasteiger partial charge in [-0.15, -0.1) is 0 Å². The molecule has 0 saturated heterocycles. The minimum Gasteiger partial charge on any atom is -0.504 e. The molecule has 0 spiro atoms. The molecule has 0 unspecified atom stereocenters. The Balaban J connectivity index is 0.000000268. The Bertz CT molecular complexity index is 728. The van der Waals surface area contributed by atoms with Gasteiger partial charge in [0.15, 0.2) is 17.9 Å². The summed E-state index contributed by atoms with van der Waals surface area (Å²) in [6.07, 6.45) is 12.6. The second-order valence-corrected chi connectivity index (χ2v) is 6.75. The minimum absolute atomic E-state index is 0.0280. The average Bonchev–Trinajstić information content (AvgIpc) is 3.07. The molecule has 0 aromatic carbocycles. The number of hydrogen-bond donors (Lipinski definition) is 1. The zero-order valence-electron chi connectivity index (χ0n) is 17.1. The van der Waals surface area contributed by atoms with Crippen LogP contribution in [0, 0.1) is 6.92 Å². The summed E-state index contributed by atoms with van der Waals surface area (Å²) in [5, 5.41) is 13.3. The van der Waals surface area contributed by atoms with Crippen molar-refractivity contribution in [3.8, 4) is 17.1 Å². The van der Waals surface area contributed by atoms with Gasteiger partial charge in [0.2, 0.25) is 0 Å². The summed E-state index contributed by atoms with van der Waals surface area (Å²) in [6.45, 7) is 5.71. The van der Waals surface area contributed by atoms with Crippen LogP contribution in [0.5, 0.6) is 5.75 Å². The van der Waals surface area contributed by atoms with E-state index in [-0.39, 0.29) is 11.9 Å². The van der Waals surface area contributed by atoms with E-state index in [9.17, 15) is 14.7 Å². The minimum atomic E-state index is 0.0280. The Morgan fingerprint density at radius 3 is 2.07 bits per heavy atom. The monoisotopic (exact) mass is 390 g/mol. The van der Waals surface area contributed by atoms with Crippen molar-refractivity contribution in [2.45, 2.75) is 65.4 Å². The fourth-order valence-corrected chi connectivity index (χ4v) is 2.52. The van der Waals surface area contributed by atoms with Crippen LogP contribution in [0.15, 0.2) is 12.4 Å². The summed E-state index contributed by atoms with van der Waals surface area (Å²) in [5.41, 5.74) is 1.43. The van der Waals surface area contributed by atoms with Gasteiger partial charge in [0.1, 0.15) is 5.69 Å². The van der Waals surface area contributed by atoms with E-state index in [1.54, 1.807) is 27.8 Å². The van der Waals surface area contributed by atoms with Crippen molar-refractivity contribution < 1.29 is 19.4 Å². The standard InChI is InChI=1S/C10H10N4O2.C6H12.C4H8O2/c1-6-9(16)4-11-10(13-6)7-3-12-14(2)8(7)5-15;1-2-4-6-5-3-1;1-4(2)6-3-5/h3-5,16H,1-2H3;1-6H2;3-4H,1-2H3. The van der Waals surface area contributed by atoms with E-state index < -0.39 is 0 Å². The fraction of sp³-hybridized carbons (Fsp3) is 0.550. The van der Waals surface area contributed by atoms with Gasteiger partial charge in [-0.2, -0.15) is 5.10 Å². The third-order valence-corrected chi connectivity index (χ3v) is 4.12. The van der Waals surface area contributed by atoms with Crippen LogP contribution in [-0.4, -0.2) is 43.7 Å². The van der Waals surface area contributed by atoms with Gasteiger partial charge in [-0.3, -0.25) is 14.3 Å².